The molecule has 1 unspecified atom stereocenters. The van der Waals surface area contributed by atoms with E-state index in [1.807, 2.05) is 42.5 Å². The molecule has 1 aromatic heterocycles. The van der Waals surface area contributed by atoms with Crippen molar-refractivity contribution < 1.29 is 9.53 Å². The number of carbonyl (C=O) groups is 1. The lowest BCUT2D eigenvalue weighted by Crippen LogP contribution is -2.29. The molecule has 0 aliphatic heterocycles. The van der Waals surface area contributed by atoms with Crippen molar-refractivity contribution in [1.29, 1.82) is 0 Å². The SMILES string of the molecule is CCC(C)c1ccc(OCC(=O)Nn2c(C)nnc2SCc2ccccc2)cc1. The second kappa shape index (κ2) is 10.1. The molecule has 1 heterocycles. The lowest BCUT2D eigenvalue weighted by molar-refractivity contribution is -0.119. The number of hydrogen-bond acceptors (Lipinski definition) is 5. The fourth-order valence-corrected chi connectivity index (χ4v) is 3.62. The van der Waals surface area contributed by atoms with Gasteiger partial charge in [-0.2, -0.15) is 0 Å². The second-order valence-corrected chi connectivity index (χ2v) is 7.78. The molecule has 6 nitrogen and oxygen atoms in total. The zero-order chi connectivity index (χ0) is 20.6. The summed E-state index contributed by atoms with van der Waals surface area (Å²) in [5.41, 5.74) is 5.26. The van der Waals surface area contributed by atoms with Gasteiger partial charge in [0.25, 0.3) is 5.91 Å². The molecular weight excluding hydrogens is 384 g/mol. The molecule has 0 fully saturated rings. The van der Waals surface area contributed by atoms with Gasteiger partial charge in [0.05, 0.1) is 0 Å². The standard InChI is InChI=1S/C22H26N4O2S/c1-4-16(2)19-10-12-20(13-11-19)28-14-21(27)25-26-17(3)23-24-22(26)29-15-18-8-6-5-7-9-18/h5-13,16H,4,14-15H2,1-3H3,(H,25,27). The molecule has 1 N–H and O–H groups in total. The monoisotopic (exact) mass is 410 g/mol. The Balaban J connectivity index is 1.54. The van der Waals surface area contributed by atoms with Gasteiger partial charge in [0.15, 0.2) is 6.61 Å². The zero-order valence-corrected chi connectivity index (χ0v) is 17.8. The maximum Gasteiger partial charge on any atom is 0.276 e. The predicted octanol–water partition coefficient (Wildman–Crippen LogP) is 4.54. The van der Waals surface area contributed by atoms with E-state index >= 15 is 0 Å². The van der Waals surface area contributed by atoms with Gasteiger partial charge in [-0.25, -0.2) is 4.68 Å². The van der Waals surface area contributed by atoms with E-state index in [1.165, 1.54) is 22.9 Å². The molecule has 0 radical (unpaired) electrons. The molecule has 7 heteroatoms. The van der Waals surface area contributed by atoms with Gasteiger partial charge < -0.3 is 4.74 Å². The van der Waals surface area contributed by atoms with E-state index in [0.29, 0.717) is 22.6 Å². The quantitative estimate of drug-likeness (QED) is 0.525. The number of benzene rings is 2. The Bertz CT molecular complexity index is 926. The van der Waals surface area contributed by atoms with Crippen molar-refractivity contribution in [3.63, 3.8) is 0 Å². The molecule has 2 aromatic carbocycles. The highest BCUT2D eigenvalue weighted by Crippen LogP contribution is 2.22. The summed E-state index contributed by atoms with van der Waals surface area (Å²) in [5, 5.41) is 8.86. The number of hydrogen-bond donors (Lipinski definition) is 1. The van der Waals surface area contributed by atoms with Gasteiger partial charge in [-0.1, -0.05) is 68.1 Å². The predicted molar refractivity (Wildman–Crippen MR) is 116 cm³/mol. The molecule has 29 heavy (non-hydrogen) atoms. The number of aromatic nitrogens is 3. The Labute approximate surface area is 175 Å². The van der Waals surface area contributed by atoms with E-state index in [4.69, 9.17) is 4.74 Å². The number of amides is 1. The molecule has 1 atom stereocenters. The third-order valence-electron chi connectivity index (χ3n) is 4.67. The van der Waals surface area contributed by atoms with Crippen LogP contribution in [0.4, 0.5) is 0 Å². The zero-order valence-electron chi connectivity index (χ0n) is 17.0. The van der Waals surface area contributed by atoms with Crippen molar-refractivity contribution in [2.75, 3.05) is 12.0 Å². The van der Waals surface area contributed by atoms with Crippen molar-refractivity contribution in [2.24, 2.45) is 0 Å². The van der Waals surface area contributed by atoms with Gasteiger partial charge in [-0.05, 0) is 42.5 Å². The highest BCUT2D eigenvalue weighted by atomic mass is 32.2. The van der Waals surface area contributed by atoms with Crippen molar-refractivity contribution in [3.05, 3.63) is 71.5 Å². The Morgan fingerprint density at radius 1 is 1.14 bits per heavy atom. The fourth-order valence-electron chi connectivity index (χ4n) is 2.72. The molecular formula is C22H26N4O2S. The lowest BCUT2D eigenvalue weighted by Gasteiger charge is -2.12. The summed E-state index contributed by atoms with van der Waals surface area (Å²) in [5.74, 6) is 2.28. The third kappa shape index (κ3) is 5.84. The minimum atomic E-state index is -0.263. The van der Waals surface area contributed by atoms with E-state index < -0.39 is 0 Å². The summed E-state index contributed by atoms with van der Waals surface area (Å²) in [7, 11) is 0. The van der Waals surface area contributed by atoms with Crippen LogP contribution in [-0.2, 0) is 10.5 Å². The van der Waals surface area contributed by atoms with Gasteiger partial charge in [0, 0.05) is 5.75 Å². The third-order valence-corrected chi connectivity index (χ3v) is 5.67. The number of aryl methyl sites for hydroxylation is 1. The number of carbonyl (C=O) groups excluding carboxylic acids is 1. The molecule has 3 aromatic rings. The molecule has 3 rings (SSSR count). The van der Waals surface area contributed by atoms with Crippen LogP contribution < -0.4 is 10.2 Å². The number of ether oxygens (including phenoxy) is 1. The fraction of sp³-hybridized carbons (Fsp3) is 0.318. The van der Waals surface area contributed by atoms with Crippen molar-refractivity contribution >= 4 is 17.7 Å². The lowest BCUT2D eigenvalue weighted by atomic mass is 9.99. The van der Waals surface area contributed by atoms with E-state index in [-0.39, 0.29) is 12.5 Å². The van der Waals surface area contributed by atoms with E-state index in [0.717, 1.165) is 12.2 Å². The van der Waals surface area contributed by atoms with Crippen molar-refractivity contribution in [2.45, 2.75) is 44.0 Å². The molecule has 0 bridgehead atoms. The van der Waals surface area contributed by atoms with Crippen molar-refractivity contribution in [3.8, 4) is 5.75 Å². The summed E-state index contributed by atoms with van der Waals surface area (Å²) in [6.07, 6.45) is 1.09. The van der Waals surface area contributed by atoms with Crippen molar-refractivity contribution in [1.82, 2.24) is 14.9 Å². The summed E-state index contributed by atoms with van der Waals surface area (Å²) in [6, 6.07) is 18.0. The highest BCUT2D eigenvalue weighted by Gasteiger charge is 2.13. The number of nitrogens with zero attached hydrogens (tertiary/aromatic N) is 3. The summed E-state index contributed by atoms with van der Waals surface area (Å²) in [4.78, 5) is 12.4. The minimum absolute atomic E-state index is 0.0803. The molecule has 0 saturated heterocycles. The largest absolute Gasteiger partial charge is 0.484 e. The average molecular weight is 411 g/mol. The van der Waals surface area contributed by atoms with Crippen LogP contribution in [0.3, 0.4) is 0 Å². The molecule has 0 aliphatic carbocycles. The highest BCUT2D eigenvalue weighted by molar-refractivity contribution is 7.98. The number of thioether (sulfide) groups is 1. The second-order valence-electron chi connectivity index (χ2n) is 6.84. The van der Waals surface area contributed by atoms with Crippen LogP contribution in [0, 0.1) is 6.92 Å². The number of nitrogens with one attached hydrogen (secondary N) is 1. The average Bonchev–Trinajstić information content (AvgIpc) is 3.10. The van der Waals surface area contributed by atoms with Crippen LogP contribution in [0.25, 0.3) is 0 Å². The van der Waals surface area contributed by atoms with Gasteiger partial charge in [0.2, 0.25) is 5.16 Å². The molecule has 0 spiro atoms. The van der Waals surface area contributed by atoms with E-state index in [2.05, 4.69) is 41.6 Å². The Morgan fingerprint density at radius 2 is 1.86 bits per heavy atom. The first-order valence-electron chi connectivity index (χ1n) is 9.68. The molecule has 0 aliphatic rings. The van der Waals surface area contributed by atoms with Crippen LogP contribution in [-0.4, -0.2) is 27.4 Å². The Hall–Kier alpha value is -2.80. The molecule has 152 valence electrons. The summed E-state index contributed by atoms with van der Waals surface area (Å²) < 4.78 is 7.22. The Morgan fingerprint density at radius 3 is 2.55 bits per heavy atom. The van der Waals surface area contributed by atoms with E-state index in [9.17, 15) is 4.79 Å². The topological polar surface area (TPSA) is 69.0 Å². The van der Waals surface area contributed by atoms with E-state index in [1.54, 1.807) is 11.6 Å². The summed E-state index contributed by atoms with van der Waals surface area (Å²) >= 11 is 1.52. The Kier molecular flexibility index (Phi) is 7.30. The maximum absolute atomic E-state index is 12.4. The van der Waals surface area contributed by atoms with Crippen LogP contribution in [0.2, 0.25) is 0 Å². The first-order chi connectivity index (χ1) is 14.1. The van der Waals surface area contributed by atoms with Crippen LogP contribution >= 0.6 is 11.8 Å². The first-order valence-corrected chi connectivity index (χ1v) is 10.7. The smallest absolute Gasteiger partial charge is 0.276 e. The van der Waals surface area contributed by atoms with Crippen LogP contribution in [0.1, 0.15) is 43.1 Å². The van der Waals surface area contributed by atoms with Gasteiger partial charge >= 0.3 is 0 Å². The van der Waals surface area contributed by atoms with Crippen LogP contribution in [0.5, 0.6) is 5.75 Å². The summed E-state index contributed by atoms with van der Waals surface area (Å²) in [6.45, 7) is 6.08. The van der Waals surface area contributed by atoms with Gasteiger partial charge in [-0.3, -0.25) is 10.2 Å². The van der Waals surface area contributed by atoms with Gasteiger partial charge in [0.1, 0.15) is 11.6 Å². The molecule has 1 amide bonds. The molecule has 0 saturated carbocycles. The first kappa shape index (κ1) is 20.9. The normalized spacial score (nSPS) is 11.8. The number of rotatable bonds is 9. The van der Waals surface area contributed by atoms with Crippen LogP contribution in [0.15, 0.2) is 59.8 Å². The van der Waals surface area contributed by atoms with Gasteiger partial charge in [-0.15, -0.1) is 10.2 Å². The maximum atomic E-state index is 12.4. The minimum Gasteiger partial charge on any atom is -0.484 e.